The molecule has 0 aliphatic rings. The van der Waals surface area contributed by atoms with Gasteiger partial charge in [0.25, 0.3) is 0 Å². The third kappa shape index (κ3) is 3.33. The highest BCUT2D eigenvalue weighted by atomic mass is 79.9. The Morgan fingerprint density at radius 3 is 2.79 bits per heavy atom. The fourth-order valence-corrected chi connectivity index (χ4v) is 2.74. The number of ether oxygens (including phenoxy) is 1. The summed E-state index contributed by atoms with van der Waals surface area (Å²) in [5.74, 6) is 5.47. The van der Waals surface area contributed by atoms with Gasteiger partial charge < -0.3 is 4.74 Å². The van der Waals surface area contributed by atoms with E-state index in [0.717, 1.165) is 10.2 Å². The summed E-state index contributed by atoms with van der Waals surface area (Å²) in [7, 11) is 1.69. The average Bonchev–Trinajstić information content (AvgIpc) is 2.59. The summed E-state index contributed by atoms with van der Waals surface area (Å²) >= 11 is 5.16. The molecule has 5 heteroatoms. The molecule has 0 bridgehead atoms. The summed E-state index contributed by atoms with van der Waals surface area (Å²) in [6, 6.07) is 4.30. The molecule has 0 saturated heterocycles. The van der Waals surface area contributed by atoms with E-state index in [2.05, 4.69) is 27.4 Å². The van der Waals surface area contributed by atoms with Crippen LogP contribution in [0.1, 0.15) is 11.8 Å². The zero-order valence-corrected chi connectivity index (χ0v) is 10.7. The van der Waals surface area contributed by atoms with Gasteiger partial charge in [0.05, 0.1) is 15.9 Å². The van der Waals surface area contributed by atoms with Crippen LogP contribution in [0, 0.1) is 0 Å². The molecule has 3 N–H and O–H groups in total. The third-order valence-electron chi connectivity index (χ3n) is 2.20. The van der Waals surface area contributed by atoms with Gasteiger partial charge in [-0.25, -0.2) is 0 Å². The maximum Gasteiger partial charge on any atom is 0.0713 e. The molecular weight excluding hydrogens is 264 g/mol. The van der Waals surface area contributed by atoms with Gasteiger partial charge >= 0.3 is 0 Å². The molecule has 1 aromatic heterocycles. The summed E-state index contributed by atoms with van der Waals surface area (Å²) in [6.07, 6.45) is 1.00. The van der Waals surface area contributed by atoms with Crippen molar-refractivity contribution < 1.29 is 4.74 Å². The monoisotopic (exact) mass is 278 g/mol. The topological polar surface area (TPSA) is 47.3 Å². The molecule has 3 nitrogen and oxygen atoms in total. The molecule has 0 radical (unpaired) electrons. The maximum atomic E-state index is 5.47. The lowest BCUT2D eigenvalue weighted by atomic mass is 10.1. The number of hydrogen-bond acceptors (Lipinski definition) is 4. The predicted octanol–water partition coefficient (Wildman–Crippen LogP) is 1.92. The molecule has 2 atom stereocenters. The van der Waals surface area contributed by atoms with E-state index >= 15 is 0 Å². The van der Waals surface area contributed by atoms with Crippen molar-refractivity contribution in [1.82, 2.24) is 5.43 Å². The standard InChI is InChI=1S/C9H15BrN2OS/c1-6(13-2)8(12-11)5-7-3-4-9(10)14-7/h3-4,6,8,12H,5,11H2,1-2H3. The highest BCUT2D eigenvalue weighted by molar-refractivity contribution is 9.11. The van der Waals surface area contributed by atoms with E-state index in [-0.39, 0.29) is 12.1 Å². The van der Waals surface area contributed by atoms with Crippen LogP contribution >= 0.6 is 27.3 Å². The van der Waals surface area contributed by atoms with Gasteiger partial charge in [-0.2, -0.15) is 0 Å². The van der Waals surface area contributed by atoms with Crippen LogP contribution in [-0.2, 0) is 11.2 Å². The first-order valence-corrected chi connectivity index (χ1v) is 6.01. The van der Waals surface area contributed by atoms with E-state index in [1.165, 1.54) is 4.88 Å². The van der Waals surface area contributed by atoms with Gasteiger partial charge in [-0.05, 0) is 35.0 Å². The first-order chi connectivity index (χ1) is 6.67. The van der Waals surface area contributed by atoms with Crippen molar-refractivity contribution in [3.8, 4) is 0 Å². The van der Waals surface area contributed by atoms with Gasteiger partial charge in [-0.15, -0.1) is 11.3 Å². The van der Waals surface area contributed by atoms with Crippen molar-refractivity contribution >= 4 is 27.3 Å². The van der Waals surface area contributed by atoms with Crippen molar-refractivity contribution in [2.24, 2.45) is 5.84 Å². The van der Waals surface area contributed by atoms with Crippen LogP contribution in [0.5, 0.6) is 0 Å². The molecule has 80 valence electrons. The SMILES string of the molecule is COC(C)C(Cc1ccc(Br)s1)NN. The van der Waals surface area contributed by atoms with Crippen molar-refractivity contribution in [3.63, 3.8) is 0 Å². The first kappa shape index (κ1) is 12.1. The van der Waals surface area contributed by atoms with Crippen LogP contribution in [0.4, 0.5) is 0 Å². The van der Waals surface area contributed by atoms with E-state index in [9.17, 15) is 0 Å². The molecule has 0 spiro atoms. The Labute approximate surface area is 96.7 Å². The van der Waals surface area contributed by atoms with E-state index in [0.29, 0.717) is 0 Å². The molecule has 2 unspecified atom stereocenters. The lowest BCUT2D eigenvalue weighted by molar-refractivity contribution is 0.0834. The molecule has 0 amide bonds. The third-order valence-corrected chi connectivity index (χ3v) is 3.85. The van der Waals surface area contributed by atoms with Gasteiger partial charge in [-0.1, -0.05) is 0 Å². The van der Waals surface area contributed by atoms with Crippen LogP contribution < -0.4 is 11.3 Å². The van der Waals surface area contributed by atoms with Crippen LogP contribution in [0.3, 0.4) is 0 Å². The molecule has 1 rings (SSSR count). The zero-order valence-electron chi connectivity index (χ0n) is 8.29. The molecule has 0 aliphatic heterocycles. The molecule has 1 heterocycles. The normalized spacial score (nSPS) is 15.4. The minimum absolute atomic E-state index is 0.112. The quantitative estimate of drug-likeness (QED) is 0.639. The number of hydrogen-bond donors (Lipinski definition) is 2. The van der Waals surface area contributed by atoms with Crippen LogP contribution in [0.2, 0.25) is 0 Å². The molecule has 14 heavy (non-hydrogen) atoms. The molecule has 1 aromatic rings. The highest BCUT2D eigenvalue weighted by Crippen LogP contribution is 2.23. The Morgan fingerprint density at radius 1 is 1.64 bits per heavy atom. The number of thiophene rings is 1. The number of halogens is 1. The molecular formula is C9H15BrN2OS. The number of hydrazine groups is 1. The van der Waals surface area contributed by atoms with E-state index < -0.39 is 0 Å². The summed E-state index contributed by atoms with van der Waals surface area (Å²) in [4.78, 5) is 1.30. The number of rotatable bonds is 5. The molecule has 0 aromatic carbocycles. The Hall–Kier alpha value is 0.0600. The fraction of sp³-hybridized carbons (Fsp3) is 0.556. The lowest BCUT2D eigenvalue weighted by Crippen LogP contribution is -2.44. The summed E-state index contributed by atoms with van der Waals surface area (Å²) in [5, 5.41) is 0. The second-order valence-electron chi connectivity index (χ2n) is 3.12. The number of nitrogens with two attached hydrogens (primary N) is 1. The van der Waals surface area contributed by atoms with Gasteiger partial charge in [0.15, 0.2) is 0 Å². The fourth-order valence-electron chi connectivity index (χ4n) is 1.20. The molecule has 0 aliphatic carbocycles. The second kappa shape index (κ2) is 5.82. The van der Waals surface area contributed by atoms with Crippen LogP contribution in [-0.4, -0.2) is 19.3 Å². The largest absolute Gasteiger partial charge is 0.380 e. The zero-order chi connectivity index (χ0) is 10.6. The summed E-state index contributed by atoms with van der Waals surface area (Å²) < 4.78 is 6.38. The summed E-state index contributed by atoms with van der Waals surface area (Å²) in [5.41, 5.74) is 2.78. The Balaban J connectivity index is 2.56. The Kier molecular flexibility index (Phi) is 5.05. The minimum atomic E-state index is 0.112. The van der Waals surface area contributed by atoms with Crippen LogP contribution in [0.25, 0.3) is 0 Å². The number of nitrogens with one attached hydrogen (secondary N) is 1. The van der Waals surface area contributed by atoms with E-state index in [4.69, 9.17) is 10.6 Å². The highest BCUT2D eigenvalue weighted by Gasteiger charge is 2.16. The molecule has 0 saturated carbocycles. The predicted molar refractivity (Wildman–Crippen MR) is 63.3 cm³/mol. The summed E-state index contributed by atoms with van der Waals surface area (Å²) in [6.45, 7) is 2.01. The van der Waals surface area contributed by atoms with Gasteiger partial charge in [0, 0.05) is 18.4 Å². The van der Waals surface area contributed by atoms with E-state index in [1.807, 2.05) is 13.0 Å². The minimum Gasteiger partial charge on any atom is -0.380 e. The maximum absolute atomic E-state index is 5.47. The average molecular weight is 279 g/mol. The van der Waals surface area contributed by atoms with Crippen LogP contribution in [0.15, 0.2) is 15.9 Å². The lowest BCUT2D eigenvalue weighted by Gasteiger charge is -2.21. The van der Waals surface area contributed by atoms with Crippen molar-refractivity contribution in [1.29, 1.82) is 0 Å². The van der Waals surface area contributed by atoms with E-state index in [1.54, 1.807) is 18.4 Å². The Morgan fingerprint density at radius 2 is 2.36 bits per heavy atom. The van der Waals surface area contributed by atoms with Gasteiger partial charge in [0.2, 0.25) is 0 Å². The molecule has 0 fully saturated rings. The second-order valence-corrected chi connectivity index (χ2v) is 5.67. The van der Waals surface area contributed by atoms with Crippen molar-refractivity contribution in [2.75, 3.05) is 7.11 Å². The first-order valence-electron chi connectivity index (χ1n) is 4.40. The Bertz CT molecular complexity index is 280. The van der Waals surface area contributed by atoms with Crippen molar-refractivity contribution in [2.45, 2.75) is 25.5 Å². The van der Waals surface area contributed by atoms with Gasteiger partial charge in [0.1, 0.15) is 0 Å². The van der Waals surface area contributed by atoms with Crippen molar-refractivity contribution in [3.05, 3.63) is 20.8 Å². The van der Waals surface area contributed by atoms with Gasteiger partial charge in [-0.3, -0.25) is 11.3 Å². The number of methoxy groups -OCH3 is 1. The smallest absolute Gasteiger partial charge is 0.0713 e.